The molecule has 1 aliphatic heterocycles. The quantitative estimate of drug-likeness (QED) is 0.332. The molecule has 3 nitrogen and oxygen atoms in total. The second-order valence-electron chi connectivity index (χ2n) is 8.77. The Bertz CT molecular complexity index is 1200. The van der Waals surface area contributed by atoms with Gasteiger partial charge in [0.2, 0.25) is 5.91 Å². The van der Waals surface area contributed by atoms with E-state index in [9.17, 15) is 9.59 Å². The first-order chi connectivity index (χ1) is 15.8. The van der Waals surface area contributed by atoms with Gasteiger partial charge in [-0.1, -0.05) is 62.2 Å². The zero-order chi connectivity index (χ0) is 23.5. The van der Waals surface area contributed by atoms with Crippen molar-refractivity contribution in [2.75, 3.05) is 4.90 Å². The van der Waals surface area contributed by atoms with E-state index in [1.165, 1.54) is 22.3 Å². The molecule has 3 aromatic carbocycles. The van der Waals surface area contributed by atoms with Crippen molar-refractivity contribution < 1.29 is 9.59 Å². The highest BCUT2D eigenvalue weighted by Crippen LogP contribution is 2.35. The van der Waals surface area contributed by atoms with Crippen molar-refractivity contribution in [2.24, 2.45) is 0 Å². The first-order valence-electron chi connectivity index (χ1n) is 11.2. The third kappa shape index (κ3) is 5.64. The molecule has 1 heterocycles. The predicted octanol–water partition coefficient (Wildman–Crippen LogP) is 7.05. The summed E-state index contributed by atoms with van der Waals surface area (Å²) in [7, 11) is 0. The highest BCUT2D eigenvalue weighted by atomic mass is 79.9. The number of carbonyl (C=O) groups excluding carboxylic acids is 2. The number of rotatable bonds is 2. The van der Waals surface area contributed by atoms with Crippen LogP contribution in [-0.4, -0.2) is 11.7 Å². The molecule has 0 fully saturated rings. The van der Waals surface area contributed by atoms with Crippen LogP contribution in [0.4, 0.5) is 5.69 Å². The van der Waals surface area contributed by atoms with Gasteiger partial charge in [0, 0.05) is 28.2 Å². The predicted molar refractivity (Wildman–Crippen MR) is 141 cm³/mol. The molecule has 0 radical (unpaired) electrons. The van der Waals surface area contributed by atoms with Gasteiger partial charge in [-0.05, 0) is 84.3 Å². The number of amides is 1. The number of hydrogen-bond donors (Lipinski definition) is 0. The number of anilines is 1. The molecule has 5 rings (SSSR count). The normalized spacial score (nSPS) is 14.8. The third-order valence-electron chi connectivity index (χ3n) is 6.28. The van der Waals surface area contributed by atoms with Crippen molar-refractivity contribution in [3.05, 3.63) is 96.9 Å². The number of ketones is 1. The first-order valence-corrected chi connectivity index (χ1v) is 12.8. The topological polar surface area (TPSA) is 37.4 Å². The van der Waals surface area contributed by atoms with Gasteiger partial charge in [-0.3, -0.25) is 9.59 Å². The lowest BCUT2D eigenvalue weighted by atomic mass is 9.88. The van der Waals surface area contributed by atoms with Gasteiger partial charge in [-0.2, -0.15) is 0 Å². The van der Waals surface area contributed by atoms with Crippen molar-refractivity contribution in [2.45, 2.75) is 52.5 Å². The fraction of sp³-hybridized carbons (Fsp3) is 0.286. The van der Waals surface area contributed by atoms with Crippen LogP contribution in [0.15, 0.2) is 63.5 Å². The molecule has 1 amide bonds. The van der Waals surface area contributed by atoms with Gasteiger partial charge in [0.05, 0.1) is 12.2 Å². The molecule has 0 bridgehead atoms. The van der Waals surface area contributed by atoms with Crippen LogP contribution in [0, 0.1) is 13.8 Å². The van der Waals surface area contributed by atoms with E-state index in [0.29, 0.717) is 31.6 Å². The summed E-state index contributed by atoms with van der Waals surface area (Å²) in [6, 6.07) is 18.6. The molecular weight excluding hydrogens is 542 g/mol. The van der Waals surface area contributed by atoms with Crippen LogP contribution < -0.4 is 4.90 Å². The Morgan fingerprint density at radius 3 is 2.15 bits per heavy atom. The second kappa shape index (κ2) is 10.4. The van der Waals surface area contributed by atoms with Crippen LogP contribution in [-0.2, 0) is 35.4 Å². The summed E-state index contributed by atoms with van der Waals surface area (Å²) >= 11 is 7.01. The molecule has 2 aliphatic rings. The number of halogens is 2. The second-order valence-corrected chi connectivity index (χ2v) is 10.6. The highest BCUT2D eigenvalue weighted by Gasteiger charge is 2.26. The Morgan fingerprint density at radius 1 is 0.788 bits per heavy atom. The van der Waals surface area contributed by atoms with Crippen LogP contribution in [0.25, 0.3) is 0 Å². The molecule has 0 aromatic heterocycles. The summed E-state index contributed by atoms with van der Waals surface area (Å²) in [5.41, 5.74) is 8.48. The lowest BCUT2D eigenvalue weighted by Crippen LogP contribution is -2.35. The fourth-order valence-electron chi connectivity index (χ4n) is 4.69. The van der Waals surface area contributed by atoms with E-state index in [1.807, 2.05) is 23.1 Å². The number of benzene rings is 3. The number of nitrogens with zero attached hydrogens (tertiary/aromatic N) is 1. The van der Waals surface area contributed by atoms with Gasteiger partial charge < -0.3 is 4.90 Å². The van der Waals surface area contributed by atoms with Gasteiger partial charge in [0.25, 0.3) is 0 Å². The Balaban J connectivity index is 0.000000172. The summed E-state index contributed by atoms with van der Waals surface area (Å²) in [5.74, 6) is 0.588. The third-order valence-corrected chi connectivity index (χ3v) is 7.20. The largest absolute Gasteiger partial charge is 0.307 e. The van der Waals surface area contributed by atoms with Gasteiger partial charge >= 0.3 is 0 Å². The van der Waals surface area contributed by atoms with Crippen molar-refractivity contribution in [1.82, 2.24) is 0 Å². The van der Waals surface area contributed by atoms with E-state index in [1.54, 1.807) is 0 Å². The first kappa shape index (κ1) is 23.9. The van der Waals surface area contributed by atoms with E-state index < -0.39 is 0 Å². The minimum Gasteiger partial charge on any atom is -0.307 e. The number of Topliss-reactive ketones (excluding diaryl/α,β-unsaturated/α-hetero) is 1. The smallest absolute Gasteiger partial charge is 0.227 e. The van der Waals surface area contributed by atoms with Crippen LogP contribution in [0.3, 0.4) is 0 Å². The molecule has 0 spiro atoms. The molecule has 0 N–H and O–H groups in total. The van der Waals surface area contributed by atoms with Crippen LogP contribution in [0.1, 0.15) is 46.2 Å². The molecule has 0 saturated heterocycles. The van der Waals surface area contributed by atoms with E-state index in [2.05, 4.69) is 82.1 Å². The van der Waals surface area contributed by atoms with Crippen LogP contribution in [0.2, 0.25) is 0 Å². The minimum atomic E-state index is 0.215. The lowest BCUT2D eigenvalue weighted by Gasteiger charge is -2.31. The SMILES string of the molecule is Cc1cc(Br)cc2c1CC(=O)CC2.Cc1cc(Br)cc2c1N(Cc1ccccc1)C(=O)CC2. The van der Waals surface area contributed by atoms with Crippen molar-refractivity contribution in [3.63, 3.8) is 0 Å². The summed E-state index contributed by atoms with van der Waals surface area (Å²) in [4.78, 5) is 25.5. The van der Waals surface area contributed by atoms with Gasteiger partial charge in [-0.25, -0.2) is 0 Å². The average Bonchev–Trinajstić information content (AvgIpc) is 2.77. The summed E-state index contributed by atoms with van der Waals surface area (Å²) in [6.07, 6.45) is 3.68. The maximum Gasteiger partial charge on any atom is 0.227 e. The fourth-order valence-corrected chi connectivity index (χ4v) is 5.93. The zero-order valence-corrected chi connectivity index (χ0v) is 22.1. The average molecular weight is 569 g/mol. The molecule has 33 heavy (non-hydrogen) atoms. The minimum absolute atomic E-state index is 0.215. The molecule has 3 aromatic rings. The Morgan fingerprint density at radius 2 is 1.42 bits per heavy atom. The summed E-state index contributed by atoms with van der Waals surface area (Å²) < 4.78 is 2.21. The monoisotopic (exact) mass is 567 g/mol. The molecule has 0 unspecified atom stereocenters. The van der Waals surface area contributed by atoms with E-state index in [4.69, 9.17) is 0 Å². The molecule has 5 heteroatoms. The standard InChI is InChI=1S/C17H16BrNO.C11H11BrO/c1-12-9-15(18)10-14-7-8-16(20)19(17(12)14)11-13-5-3-2-4-6-13;1-7-4-9(12)5-8-2-3-10(13)6-11(7)8/h2-6,9-10H,7-8,11H2,1H3;4-5H,2-3,6H2,1H3. The zero-order valence-electron chi connectivity index (χ0n) is 19.0. The summed E-state index contributed by atoms with van der Waals surface area (Å²) in [6.45, 7) is 4.79. The van der Waals surface area contributed by atoms with Gasteiger partial charge in [0.15, 0.2) is 0 Å². The Labute approximate surface area is 212 Å². The molecular formula is C28H27Br2NO2. The molecule has 0 saturated carbocycles. The van der Waals surface area contributed by atoms with Gasteiger partial charge in [0.1, 0.15) is 5.78 Å². The van der Waals surface area contributed by atoms with Crippen LogP contribution in [0.5, 0.6) is 0 Å². The van der Waals surface area contributed by atoms with E-state index in [0.717, 1.165) is 38.6 Å². The maximum atomic E-state index is 12.3. The highest BCUT2D eigenvalue weighted by molar-refractivity contribution is 9.10. The van der Waals surface area contributed by atoms with Crippen LogP contribution >= 0.6 is 31.9 Å². The van der Waals surface area contributed by atoms with Crippen molar-refractivity contribution >= 4 is 49.2 Å². The number of hydrogen-bond acceptors (Lipinski definition) is 2. The van der Waals surface area contributed by atoms with Crippen molar-refractivity contribution in [3.8, 4) is 0 Å². The van der Waals surface area contributed by atoms with Crippen molar-refractivity contribution in [1.29, 1.82) is 0 Å². The Kier molecular flexibility index (Phi) is 7.50. The van der Waals surface area contributed by atoms with E-state index >= 15 is 0 Å². The molecule has 0 atom stereocenters. The lowest BCUT2D eigenvalue weighted by molar-refractivity contribution is -0.119. The summed E-state index contributed by atoms with van der Waals surface area (Å²) in [5, 5.41) is 0. The number of fused-ring (bicyclic) bond motifs is 2. The maximum absolute atomic E-state index is 12.3. The number of aryl methyl sites for hydroxylation is 4. The number of carbonyl (C=O) groups is 2. The molecule has 170 valence electrons. The Hall–Kier alpha value is -2.24. The molecule has 1 aliphatic carbocycles. The van der Waals surface area contributed by atoms with Gasteiger partial charge in [-0.15, -0.1) is 0 Å². The van der Waals surface area contributed by atoms with E-state index in [-0.39, 0.29) is 5.91 Å².